The fourth-order valence-electron chi connectivity index (χ4n) is 2.87. The van der Waals surface area contributed by atoms with Crippen LogP contribution >= 0.6 is 0 Å². The van der Waals surface area contributed by atoms with Crippen LogP contribution in [0.5, 0.6) is 0 Å². The molecule has 0 aromatic heterocycles. The molecule has 7 atom stereocenters. The van der Waals surface area contributed by atoms with E-state index in [1.54, 1.807) is 55.4 Å². The molecule has 1 fully saturated rings. The van der Waals surface area contributed by atoms with Crippen molar-refractivity contribution in [2.24, 2.45) is 23.7 Å². The standard InChI is InChI=1S/C23H42O10/c1-11(2)19(24)29-10-15-16(31-20(25)12(3)4)17(32-21(26)13(5)6)18(23(28-9)30-15)33-22(27)14(7)8/h11-19,22-24,27H,10H2,1-9H3/t15?,16-,17+,18?,19?,22?,23+/m1/s1. The molecule has 1 aliphatic rings. The highest BCUT2D eigenvalue weighted by Crippen LogP contribution is 2.31. The Hall–Kier alpha value is -1.30. The zero-order valence-electron chi connectivity index (χ0n) is 21.2. The molecule has 4 unspecified atom stereocenters. The van der Waals surface area contributed by atoms with Crippen molar-refractivity contribution in [2.45, 2.75) is 98.7 Å². The highest BCUT2D eigenvalue weighted by Gasteiger charge is 2.52. The van der Waals surface area contributed by atoms with Crippen molar-refractivity contribution < 1.29 is 48.2 Å². The van der Waals surface area contributed by atoms with Crippen LogP contribution in [0.25, 0.3) is 0 Å². The number of carbonyl (C=O) groups excluding carboxylic acids is 2. The largest absolute Gasteiger partial charge is 0.455 e. The van der Waals surface area contributed by atoms with Gasteiger partial charge in [-0.25, -0.2) is 0 Å². The van der Waals surface area contributed by atoms with Crippen LogP contribution in [0.3, 0.4) is 0 Å². The molecule has 0 amide bonds. The van der Waals surface area contributed by atoms with Gasteiger partial charge >= 0.3 is 11.9 Å². The first-order valence-electron chi connectivity index (χ1n) is 11.5. The SMILES string of the molecule is CO[C@H]1OC(COC(O)C(C)C)[C@@H](OC(=O)C(C)C)[C@H](OC(=O)C(C)C)C1OC(O)C(C)C. The molecule has 0 spiro atoms. The van der Waals surface area contributed by atoms with Crippen molar-refractivity contribution in [1.29, 1.82) is 0 Å². The second-order valence-electron chi connectivity index (χ2n) is 9.59. The Kier molecular flexibility index (Phi) is 12.2. The molecular weight excluding hydrogens is 436 g/mol. The number of carbonyl (C=O) groups is 2. The third-order valence-corrected chi connectivity index (χ3v) is 5.14. The summed E-state index contributed by atoms with van der Waals surface area (Å²) in [5.41, 5.74) is 0. The number of hydrogen-bond donors (Lipinski definition) is 2. The first-order valence-corrected chi connectivity index (χ1v) is 11.5. The zero-order chi connectivity index (χ0) is 25.5. The minimum Gasteiger partial charge on any atom is -0.455 e. The summed E-state index contributed by atoms with van der Waals surface area (Å²) in [7, 11) is 1.38. The predicted octanol–water partition coefficient (Wildman–Crippen LogP) is 1.84. The predicted molar refractivity (Wildman–Crippen MR) is 118 cm³/mol. The van der Waals surface area contributed by atoms with Gasteiger partial charge in [-0.15, -0.1) is 0 Å². The van der Waals surface area contributed by atoms with Crippen LogP contribution in [-0.4, -0.2) is 79.2 Å². The Morgan fingerprint density at radius 2 is 1.27 bits per heavy atom. The van der Waals surface area contributed by atoms with Gasteiger partial charge in [0.2, 0.25) is 0 Å². The fraction of sp³-hybridized carbons (Fsp3) is 0.913. The molecule has 0 aromatic rings. The van der Waals surface area contributed by atoms with Gasteiger partial charge < -0.3 is 38.6 Å². The summed E-state index contributed by atoms with van der Waals surface area (Å²) < 4.78 is 34.1. The zero-order valence-corrected chi connectivity index (χ0v) is 21.2. The topological polar surface area (TPSA) is 130 Å². The van der Waals surface area contributed by atoms with Gasteiger partial charge in [0.25, 0.3) is 0 Å². The first kappa shape index (κ1) is 29.7. The molecule has 0 aliphatic carbocycles. The van der Waals surface area contributed by atoms with Gasteiger partial charge in [0.05, 0.1) is 18.4 Å². The summed E-state index contributed by atoms with van der Waals surface area (Å²) >= 11 is 0. The summed E-state index contributed by atoms with van der Waals surface area (Å²) in [6, 6.07) is 0. The normalized spacial score (nSPS) is 27.8. The Morgan fingerprint density at radius 3 is 1.70 bits per heavy atom. The summed E-state index contributed by atoms with van der Waals surface area (Å²) in [5, 5.41) is 20.5. The monoisotopic (exact) mass is 478 g/mol. The summed E-state index contributed by atoms with van der Waals surface area (Å²) in [6.07, 6.45) is -7.67. The highest BCUT2D eigenvalue weighted by molar-refractivity contribution is 5.73. The lowest BCUT2D eigenvalue weighted by Gasteiger charge is -2.45. The van der Waals surface area contributed by atoms with E-state index < -0.39 is 67.1 Å². The smallest absolute Gasteiger partial charge is 0.308 e. The van der Waals surface area contributed by atoms with Crippen molar-refractivity contribution >= 4 is 11.9 Å². The lowest BCUT2D eigenvalue weighted by Crippen LogP contribution is -2.63. The molecule has 33 heavy (non-hydrogen) atoms. The Balaban J connectivity index is 3.37. The Labute approximate surface area is 196 Å². The van der Waals surface area contributed by atoms with E-state index in [4.69, 9.17) is 28.4 Å². The number of aliphatic hydroxyl groups is 2. The average Bonchev–Trinajstić information content (AvgIpc) is 2.73. The molecule has 1 heterocycles. The molecule has 1 aliphatic heterocycles. The lowest BCUT2D eigenvalue weighted by atomic mass is 9.97. The number of hydrogen-bond acceptors (Lipinski definition) is 10. The minimum absolute atomic E-state index is 0.162. The third-order valence-electron chi connectivity index (χ3n) is 5.14. The Bertz CT molecular complexity index is 606. The molecule has 1 rings (SSSR count). The molecule has 0 radical (unpaired) electrons. The number of esters is 2. The van der Waals surface area contributed by atoms with Crippen LogP contribution < -0.4 is 0 Å². The van der Waals surface area contributed by atoms with Gasteiger partial charge in [0, 0.05) is 18.9 Å². The molecule has 0 aromatic carbocycles. The van der Waals surface area contributed by atoms with Crippen LogP contribution in [0.4, 0.5) is 0 Å². The molecule has 1 saturated heterocycles. The van der Waals surface area contributed by atoms with Gasteiger partial charge in [-0.05, 0) is 0 Å². The summed E-state index contributed by atoms with van der Waals surface area (Å²) in [6.45, 7) is 13.6. The number of aliphatic hydroxyl groups excluding tert-OH is 2. The molecule has 10 nitrogen and oxygen atoms in total. The summed E-state index contributed by atoms with van der Waals surface area (Å²) in [4.78, 5) is 25.1. The maximum Gasteiger partial charge on any atom is 0.308 e. The van der Waals surface area contributed by atoms with Crippen LogP contribution in [-0.2, 0) is 38.0 Å². The van der Waals surface area contributed by atoms with Crippen molar-refractivity contribution in [2.75, 3.05) is 13.7 Å². The van der Waals surface area contributed by atoms with Gasteiger partial charge in [0.15, 0.2) is 37.2 Å². The second-order valence-corrected chi connectivity index (χ2v) is 9.59. The number of methoxy groups -OCH3 is 1. The average molecular weight is 479 g/mol. The molecule has 0 saturated carbocycles. The van der Waals surface area contributed by atoms with E-state index >= 15 is 0 Å². The van der Waals surface area contributed by atoms with E-state index in [-0.39, 0.29) is 18.4 Å². The molecule has 10 heteroatoms. The van der Waals surface area contributed by atoms with Crippen LogP contribution in [0.2, 0.25) is 0 Å². The van der Waals surface area contributed by atoms with E-state index in [0.717, 1.165) is 0 Å². The van der Waals surface area contributed by atoms with Crippen molar-refractivity contribution in [3.8, 4) is 0 Å². The van der Waals surface area contributed by atoms with Crippen molar-refractivity contribution in [3.05, 3.63) is 0 Å². The maximum absolute atomic E-state index is 12.6. The van der Waals surface area contributed by atoms with Gasteiger partial charge in [-0.1, -0.05) is 55.4 Å². The van der Waals surface area contributed by atoms with E-state index in [9.17, 15) is 19.8 Å². The van der Waals surface area contributed by atoms with E-state index in [0.29, 0.717) is 0 Å². The van der Waals surface area contributed by atoms with Gasteiger partial charge in [0.1, 0.15) is 6.10 Å². The molecule has 194 valence electrons. The first-order chi connectivity index (χ1) is 15.3. The summed E-state index contributed by atoms with van der Waals surface area (Å²) in [5.74, 6) is -2.48. The quantitative estimate of drug-likeness (QED) is 0.316. The van der Waals surface area contributed by atoms with Gasteiger partial charge in [-0.3, -0.25) is 9.59 Å². The van der Waals surface area contributed by atoms with Crippen LogP contribution in [0.15, 0.2) is 0 Å². The van der Waals surface area contributed by atoms with Crippen LogP contribution in [0.1, 0.15) is 55.4 Å². The van der Waals surface area contributed by atoms with Crippen molar-refractivity contribution in [3.63, 3.8) is 0 Å². The highest BCUT2D eigenvalue weighted by atomic mass is 16.7. The molecule has 2 N–H and O–H groups in total. The second kappa shape index (κ2) is 13.6. The maximum atomic E-state index is 12.6. The number of ether oxygens (including phenoxy) is 6. The minimum atomic E-state index is -1.21. The van der Waals surface area contributed by atoms with E-state index in [2.05, 4.69) is 0 Å². The van der Waals surface area contributed by atoms with Gasteiger partial charge in [-0.2, -0.15) is 0 Å². The third kappa shape index (κ3) is 8.77. The van der Waals surface area contributed by atoms with Crippen molar-refractivity contribution in [1.82, 2.24) is 0 Å². The lowest BCUT2D eigenvalue weighted by molar-refractivity contribution is -0.336. The van der Waals surface area contributed by atoms with E-state index in [1.807, 2.05) is 0 Å². The fourth-order valence-corrected chi connectivity index (χ4v) is 2.87. The number of rotatable bonds is 12. The Morgan fingerprint density at radius 1 is 0.788 bits per heavy atom. The molecule has 0 bridgehead atoms. The molecular formula is C23H42O10. The van der Waals surface area contributed by atoms with Crippen LogP contribution in [0, 0.1) is 23.7 Å². The van der Waals surface area contributed by atoms with E-state index in [1.165, 1.54) is 7.11 Å².